The van der Waals surface area contributed by atoms with Gasteiger partial charge in [-0.3, -0.25) is 0 Å². The second-order valence-electron chi connectivity index (χ2n) is 5.01. The van der Waals surface area contributed by atoms with Gasteiger partial charge in [-0.15, -0.1) is 0 Å². The molecule has 27 heavy (non-hydrogen) atoms. The standard InChI is InChI=1S/2C7H6O2.2C4H9.Sn/c2*8-7(9)6-4-2-1-3-5-6;2*1-3-4-2;/h2*1-5H,(H,8,9);2*1,3-4H2,2H3;/q;;;;+2/p-2. The van der Waals surface area contributed by atoms with Gasteiger partial charge in [0.05, 0.1) is 11.9 Å². The van der Waals surface area contributed by atoms with Gasteiger partial charge in [-0.25, -0.2) is 0 Å². The van der Waals surface area contributed by atoms with E-state index in [0.717, 1.165) is 12.8 Å². The van der Waals surface area contributed by atoms with Crippen LogP contribution in [-0.2, 0) is 0 Å². The van der Waals surface area contributed by atoms with E-state index in [2.05, 4.69) is 27.7 Å². The van der Waals surface area contributed by atoms with Crippen molar-refractivity contribution in [3.05, 3.63) is 85.6 Å². The molecule has 0 saturated carbocycles. The maximum atomic E-state index is 10.1. The molecule has 0 aliphatic carbocycles. The molecule has 0 aromatic heterocycles. The smallest absolute Gasteiger partial charge is 0.545 e. The zero-order valence-corrected chi connectivity index (χ0v) is 19.0. The van der Waals surface area contributed by atoms with Crippen molar-refractivity contribution in [3.8, 4) is 0 Å². The largest absolute Gasteiger partial charge is 2.00 e. The Kier molecular flexibility index (Phi) is 24.6. The fourth-order valence-electron chi connectivity index (χ4n) is 1.15. The predicted molar refractivity (Wildman–Crippen MR) is 108 cm³/mol. The van der Waals surface area contributed by atoms with Crippen LogP contribution in [0.25, 0.3) is 0 Å². The predicted octanol–water partition coefficient (Wildman–Crippen LogP) is 2.96. The second kappa shape index (κ2) is 22.2. The van der Waals surface area contributed by atoms with Crippen molar-refractivity contribution >= 4 is 35.8 Å². The van der Waals surface area contributed by atoms with Crippen LogP contribution in [0.4, 0.5) is 0 Å². The minimum Gasteiger partial charge on any atom is -0.545 e. The third-order valence-corrected chi connectivity index (χ3v) is 2.73. The Balaban J connectivity index is -0.000000303. The molecule has 144 valence electrons. The van der Waals surface area contributed by atoms with Gasteiger partial charge in [0.25, 0.3) is 0 Å². The maximum absolute atomic E-state index is 10.1. The molecule has 4 radical (unpaired) electrons. The van der Waals surface area contributed by atoms with Gasteiger partial charge < -0.3 is 19.8 Å². The third-order valence-electron chi connectivity index (χ3n) is 2.73. The zero-order chi connectivity index (χ0) is 20.2. The molecule has 0 saturated heterocycles. The number of carboxylic acids is 2. The third kappa shape index (κ3) is 20.3. The molecule has 0 aliphatic heterocycles. The number of hydrogen-bond acceptors (Lipinski definition) is 4. The summed E-state index contributed by atoms with van der Waals surface area (Å²) in [6.07, 6.45) is 4.56. The number of hydrogen-bond donors (Lipinski definition) is 0. The summed E-state index contributed by atoms with van der Waals surface area (Å²) in [6.45, 7) is 11.4. The van der Waals surface area contributed by atoms with Crippen LogP contribution in [0.15, 0.2) is 60.7 Å². The minimum absolute atomic E-state index is 0. The first-order valence-corrected chi connectivity index (χ1v) is 8.55. The van der Waals surface area contributed by atoms with Gasteiger partial charge in [0.15, 0.2) is 0 Å². The molecule has 2 aromatic carbocycles. The molecule has 0 fully saturated rings. The molecule has 0 heterocycles. The monoisotopic (exact) mass is 476 g/mol. The topological polar surface area (TPSA) is 80.3 Å². The first-order chi connectivity index (χ1) is 12.4. The molecule has 5 heteroatoms. The van der Waals surface area contributed by atoms with Crippen molar-refractivity contribution in [1.82, 2.24) is 0 Å². The molecule has 0 unspecified atom stereocenters. The molecular weight excluding hydrogens is 447 g/mol. The van der Waals surface area contributed by atoms with E-state index in [-0.39, 0.29) is 35.0 Å². The van der Waals surface area contributed by atoms with E-state index in [1.54, 1.807) is 36.4 Å². The summed E-state index contributed by atoms with van der Waals surface area (Å²) in [6, 6.07) is 16.1. The van der Waals surface area contributed by atoms with Crippen LogP contribution in [0.5, 0.6) is 0 Å². The molecule has 2 aromatic rings. The Morgan fingerprint density at radius 2 is 0.926 bits per heavy atom. The molecule has 0 atom stereocenters. The van der Waals surface area contributed by atoms with Gasteiger partial charge in [0, 0.05) is 0 Å². The number of rotatable bonds is 4. The molecule has 0 N–H and O–H groups in total. The van der Waals surface area contributed by atoms with Gasteiger partial charge >= 0.3 is 23.9 Å². The Bertz CT molecular complexity index is 514. The first-order valence-electron chi connectivity index (χ1n) is 8.55. The molecule has 0 amide bonds. The van der Waals surface area contributed by atoms with E-state index >= 15 is 0 Å². The first kappa shape index (κ1) is 29.9. The number of aromatic carboxylic acids is 2. The fraction of sp³-hybridized carbons (Fsp3) is 0.273. The molecule has 2 rings (SSSR count). The van der Waals surface area contributed by atoms with E-state index in [1.807, 2.05) is 0 Å². The van der Waals surface area contributed by atoms with Crippen LogP contribution < -0.4 is 10.2 Å². The van der Waals surface area contributed by atoms with Crippen molar-refractivity contribution in [2.24, 2.45) is 0 Å². The van der Waals surface area contributed by atoms with Crippen LogP contribution in [-0.4, -0.2) is 35.8 Å². The molecule has 0 spiro atoms. The van der Waals surface area contributed by atoms with Crippen molar-refractivity contribution in [3.63, 3.8) is 0 Å². The van der Waals surface area contributed by atoms with Gasteiger partial charge in [-0.1, -0.05) is 114 Å². The van der Waals surface area contributed by atoms with Crippen LogP contribution in [0.1, 0.15) is 60.2 Å². The van der Waals surface area contributed by atoms with Crippen molar-refractivity contribution < 1.29 is 19.8 Å². The number of carbonyl (C=O) groups excluding carboxylic acids is 2. The van der Waals surface area contributed by atoms with Crippen LogP contribution in [0, 0.1) is 13.8 Å². The molecule has 4 nitrogen and oxygen atoms in total. The van der Waals surface area contributed by atoms with Gasteiger partial charge in [-0.2, -0.15) is 0 Å². The van der Waals surface area contributed by atoms with Crippen molar-refractivity contribution in [1.29, 1.82) is 0 Å². The van der Waals surface area contributed by atoms with Crippen molar-refractivity contribution in [2.45, 2.75) is 39.5 Å². The van der Waals surface area contributed by atoms with Gasteiger partial charge in [-0.05, 0) is 11.1 Å². The van der Waals surface area contributed by atoms with E-state index in [1.165, 1.54) is 37.1 Å². The summed E-state index contributed by atoms with van der Waals surface area (Å²) in [5, 5.41) is 20.2. The number of carbonyl (C=O) groups is 2. The van der Waals surface area contributed by atoms with E-state index < -0.39 is 11.9 Å². The van der Waals surface area contributed by atoms with Crippen LogP contribution in [0.3, 0.4) is 0 Å². The van der Waals surface area contributed by atoms with Crippen LogP contribution in [0.2, 0.25) is 0 Å². The van der Waals surface area contributed by atoms with E-state index in [0.29, 0.717) is 0 Å². The summed E-state index contributed by atoms with van der Waals surface area (Å²) in [5.41, 5.74) is 0.440. The molecular formula is C22H28O4Sn. The summed E-state index contributed by atoms with van der Waals surface area (Å²) in [5.74, 6) is -2.26. The SMILES string of the molecule is O=C([O-])c1ccccc1.O=C([O-])c1ccccc1.[CH2]CCC.[CH2]CCC.[Sn+2]. The summed E-state index contributed by atoms with van der Waals surface area (Å²) >= 11 is 0. The second-order valence-corrected chi connectivity index (χ2v) is 5.01. The molecule has 0 bridgehead atoms. The Morgan fingerprint density at radius 3 is 1.04 bits per heavy atom. The summed E-state index contributed by atoms with van der Waals surface area (Å²) in [4.78, 5) is 20.2. The average molecular weight is 475 g/mol. The summed E-state index contributed by atoms with van der Waals surface area (Å²) < 4.78 is 0. The summed E-state index contributed by atoms with van der Waals surface area (Å²) in [7, 11) is 0. The van der Waals surface area contributed by atoms with Gasteiger partial charge in [0.2, 0.25) is 0 Å². The van der Waals surface area contributed by atoms with E-state index in [9.17, 15) is 19.8 Å². The zero-order valence-electron chi connectivity index (χ0n) is 16.1. The Labute approximate surface area is 180 Å². The van der Waals surface area contributed by atoms with Gasteiger partial charge in [0.1, 0.15) is 0 Å². The number of benzene rings is 2. The number of unbranched alkanes of at least 4 members (excludes halogenated alkanes) is 2. The average Bonchev–Trinajstić information content (AvgIpc) is 2.70. The number of carboxylic acid groups (broad SMARTS) is 2. The normalized spacial score (nSPS) is 8.15. The minimum atomic E-state index is -1.13. The van der Waals surface area contributed by atoms with E-state index in [4.69, 9.17) is 0 Å². The fourth-order valence-corrected chi connectivity index (χ4v) is 1.15. The van der Waals surface area contributed by atoms with Crippen LogP contribution >= 0.6 is 0 Å². The quantitative estimate of drug-likeness (QED) is 0.638. The Morgan fingerprint density at radius 1 is 0.704 bits per heavy atom. The van der Waals surface area contributed by atoms with Crippen molar-refractivity contribution in [2.75, 3.05) is 0 Å². The molecule has 0 aliphatic rings. The Hall–Kier alpha value is -1.82. The maximum Gasteiger partial charge on any atom is 2.00 e.